The SMILES string of the molecule is O=C(O)c1ncc(-c2ccccn2)o1. The number of aromatic nitrogens is 2. The fourth-order valence-corrected chi connectivity index (χ4v) is 1.000. The molecule has 0 aromatic carbocycles. The molecule has 5 nitrogen and oxygen atoms in total. The number of hydrogen-bond donors (Lipinski definition) is 1. The summed E-state index contributed by atoms with van der Waals surface area (Å²) in [6.07, 6.45) is 2.93. The molecule has 0 amide bonds. The normalized spacial score (nSPS) is 10.0. The van der Waals surface area contributed by atoms with Gasteiger partial charge in [-0.25, -0.2) is 9.78 Å². The van der Waals surface area contributed by atoms with Gasteiger partial charge in [0, 0.05) is 6.20 Å². The average molecular weight is 190 g/mol. The Labute approximate surface area is 79.0 Å². The molecule has 70 valence electrons. The summed E-state index contributed by atoms with van der Waals surface area (Å²) in [6.45, 7) is 0. The number of carboxylic acids is 1. The molecule has 0 atom stereocenters. The van der Waals surface area contributed by atoms with E-state index in [-0.39, 0.29) is 5.89 Å². The minimum Gasteiger partial charge on any atom is -0.474 e. The smallest absolute Gasteiger partial charge is 0.392 e. The number of pyridine rings is 1. The van der Waals surface area contributed by atoms with Crippen LogP contribution >= 0.6 is 0 Å². The third-order valence-corrected chi connectivity index (χ3v) is 1.61. The van der Waals surface area contributed by atoms with Gasteiger partial charge in [0.1, 0.15) is 5.69 Å². The van der Waals surface area contributed by atoms with Crippen molar-refractivity contribution in [1.29, 1.82) is 0 Å². The van der Waals surface area contributed by atoms with E-state index < -0.39 is 5.97 Å². The number of rotatable bonds is 2. The number of hydrogen-bond acceptors (Lipinski definition) is 4. The molecule has 2 heterocycles. The highest BCUT2D eigenvalue weighted by atomic mass is 16.4. The molecule has 0 aliphatic rings. The maximum Gasteiger partial charge on any atom is 0.392 e. The fourth-order valence-electron chi connectivity index (χ4n) is 1.000. The Hall–Kier alpha value is -2.17. The molecule has 0 radical (unpaired) electrons. The van der Waals surface area contributed by atoms with E-state index in [0.717, 1.165) is 0 Å². The van der Waals surface area contributed by atoms with E-state index in [2.05, 4.69) is 9.97 Å². The van der Waals surface area contributed by atoms with Crippen molar-refractivity contribution in [2.24, 2.45) is 0 Å². The zero-order valence-corrected chi connectivity index (χ0v) is 7.04. The molecule has 2 aromatic heterocycles. The number of oxazole rings is 1. The van der Waals surface area contributed by atoms with Gasteiger partial charge in [-0.05, 0) is 12.1 Å². The largest absolute Gasteiger partial charge is 0.474 e. The lowest BCUT2D eigenvalue weighted by Crippen LogP contribution is -1.94. The minimum absolute atomic E-state index is 0.328. The molecule has 14 heavy (non-hydrogen) atoms. The van der Waals surface area contributed by atoms with Gasteiger partial charge in [0.25, 0.3) is 0 Å². The van der Waals surface area contributed by atoms with Crippen LogP contribution in [0.2, 0.25) is 0 Å². The molecule has 0 unspecified atom stereocenters. The lowest BCUT2D eigenvalue weighted by molar-refractivity contribution is 0.0654. The van der Waals surface area contributed by atoms with E-state index in [1.54, 1.807) is 24.4 Å². The molecule has 0 saturated carbocycles. The topological polar surface area (TPSA) is 76.2 Å². The predicted octanol–water partition coefficient (Wildman–Crippen LogP) is 1.43. The summed E-state index contributed by atoms with van der Waals surface area (Å²) in [5, 5.41) is 8.57. The van der Waals surface area contributed by atoms with Crippen LogP contribution in [-0.2, 0) is 0 Å². The van der Waals surface area contributed by atoms with Gasteiger partial charge < -0.3 is 9.52 Å². The first kappa shape index (κ1) is 8.43. The summed E-state index contributed by atoms with van der Waals surface area (Å²) in [5.74, 6) is -1.17. The van der Waals surface area contributed by atoms with Crippen LogP contribution in [0.25, 0.3) is 11.5 Å². The maximum absolute atomic E-state index is 10.5. The standard InChI is InChI=1S/C9H6N2O3/c12-9(13)8-11-5-7(14-8)6-3-1-2-4-10-6/h1-5H,(H,12,13). The van der Waals surface area contributed by atoms with Crippen LogP contribution < -0.4 is 0 Å². The second-order valence-corrected chi connectivity index (χ2v) is 2.55. The Bertz CT molecular complexity index is 450. The molecular weight excluding hydrogens is 184 g/mol. The van der Waals surface area contributed by atoms with Crippen LogP contribution in [0, 0.1) is 0 Å². The van der Waals surface area contributed by atoms with E-state index in [9.17, 15) is 4.79 Å². The van der Waals surface area contributed by atoms with E-state index in [1.807, 2.05) is 0 Å². The summed E-state index contributed by atoms with van der Waals surface area (Å²) in [5.41, 5.74) is 0.563. The fraction of sp³-hybridized carbons (Fsp3) is 0. The highest BCUT2D eigenvalue weighted by molar-refractivity contribution is 5.82. The minimum atomic E-state index is -1.19. The summed E-state index contributed by atoms with van der Waals surface area (Å²) in [4.78, 5) is 18.0. The van der Waals surface area contributed by atoms with Crippen LogP contribution in [-0.4, -0.2) is 21.0 Å². The van der Waals surface area contributed by atoms with Gasteiger partial charge in [-0.15, -0.1) is 0 Å². The number of carbonyl (C=O) groups is 1. The lowest BCUT2D eigenvalue weighted by Gasteiger charge is -1.91. The summed E-state index contributed by atoms with van der Waals surface area (Å²) >= 11 is 0. The van der Waals surface area contributed by atoms with E-state index >= 15 is 0 Å². The van der Waals surface area contributed by atoms with Crippen molar-refractivity contribution < 1.29 is 14.3 Å². The van der Waals surface area contributed by atoms with Crippen LogP contribution in [0.1, 0.15) is 10.7 Å². The summed E-state index contributed by atoms with van der Waals surface area (Å²) in [6, 6.07) is 5.26. The van der Waals surface area contributed by atoms with E-state index in [1.165, 1.54) is 6.20 Å². The number of aromatic carboxylic acids is 1. The van der Waals surface area contributed by atoms with Crippen molar-refractivity contribution in [1.82, 2.24) is 9.97 Å². The maximum atomic E-state index is 10.5. The number of nitrogens with zero attached hydrogens (tertiary/aromatic N) is 2. The Balaban J connectivity index is 2.39. The van der Waals surface area contributed by atoms with Gasteiger partial charge in [-0.3, -0.25) is 4.98 Å². The van der Waals surface area contributed by atoms with Crippen molar-refractivity contribution in [3.05, 3.63) is 36.5 Å². The highest BCUT2D eigenvalue weighted by Gasteiger charge is 2.12. The van der Waals surface area contributed by atoms with Crippen molar-refractivity contribution >= 4 is 5.97 Å². The summed E-state index contributed by atoms with van der Waals surface area (Å²) in [7, 11) is 0. The monoisotopic (exact) mass is 190 g/mol. The van der Waals surface area contributed by atoms with Gasteiger partial charge in [0.05, 0.1) is 6.20 Å². The molecule has 0 aliphatic heterocycles. The third-order valence-electron chi connectivity index (χ3n) is 1.61. The molecule has 0 aliphatic carbocycles. The van der Waals surface area contributed by atoms with Crippen LogP contribution in [0.3, 0.4) is 0 Å². The van der Waals surface area contributed by atoms with Crippen LogP contribution in [0.4, 0.5) is 0 Å². The van der Waals surface area contributed by atoms with Crippen molar-refractivity contribution in [2.45, 2.75) is 0 Å². The average Bonchev–Trinajstić information content (AvgIpc) is 2.68. The van der Waals surface area contributed by atoms with Gasteiger partial charge in [0.2, 0.25) is 0 Å². The van der Waals surface area contributed by atoms with E-state index in [4.69, 9.17) is 9.52 Å². The second-order valence-electron chi connectivity index (χ2n) is 2.55. The molecule has 2 aromatic rings. The molecule has 0 spiro atoms. The first-order chi connectivity index (χ1) is 6.77. The number of carboxylic acid groups (broad SMARTS) is 1. The summed E-state index contributed by atoms with van der Waals surface area (Å²) < 4.78 is 4.96. The molecule has 0 saturated heterocycles. The third kappa shape index (κ3) is 1.47. The first-order valence-electron chi connectivity index (χ1n) is 3.88. The Morgan fingerprint density at radius 2 is 2.21 bits per heavy atom. The molecule has 5 heteroatoms. The van der Waals surface area contributed by atoms with Gasteiger partial charge in [0.15, 0.2) is 5.76 Å². The highest BCUT2D eigenvalue weighted by Crippen LogP contribution is 2.16. The Morgan fingerprint density at radius 3 is 2.79 bits per heavy atom. The Kier molecular flexibility index (Phi) is 1.98. The van der Waals surface area contributed by atoms with Gasteiger partial charge >= 0.3 is 11.9 Å². The Morgan fingerprint density at radius 1 is 1.36 bits per heavy atom. The van der Waals surface area contributed by atoms with Gasteiger partial charge in [-0.2, -0.15) is 0 Å². The molecule has 0 fully saturated rings. The van der Waals surface area contributed by atoms with Crippen molar-refractivity contribution in [2.75, 3.05) is 0 Å². The zero-order chi connectivity index (χ0) is 9.97. The molecule has 1 N–H and O–H groups in total. The van der Waals surface area contributed by atoms with E-state index in [0.29, 0.717) is 11.5 Å². The van der Waals surface area contributed by atoms with Crippen LogP contribution in [0.15, 0.2) is 35.0 Å². The van der Waals surface area contributed by atoms with Crippen molar-refractivity contribution in [3.8, 4) is 11.5 Å². The first-order valence-corrected chi connectivity index (χ1v) is 3.88. The lowest BCUT2D eigenvalue weighted by atomic mass is 10.3. The second kappa shape index (κ2) is 3.29. The van der Waals surface area contributed by atoms with Crippen molar-refractivity contribution in [3.63, 3.8) is 0 Å². The quantitative estimate of drug-likeness (QED) is 0.775. The molecular formula is C9H6N2O3. The predicted molar refractivity (Wildman–Crippen MR) is 46.7 cm³/mol. The molecule has 2 rings (SSSR count). The van der Waals surface area contributed by atoms with Crippen LogP contribution in [0.5, 0.6) is 0 Å². The zero-order valence-electron chi connectivity index (χ0n) is 7.04. The van der Waals surface area contributed by atoms with Gasteiger partial charge in [-0.1, -0.05) is 6.07 Å². The molecule has 0 bridgehead atoms.